The molecule has 2 aliphatic rings. The van der Waals surface area contributed by atoms with Gasteiger partial charge in [-0.3, -0.25) is 9.59 Å². The molecule has 1 fully saturated rings. The summed E-state index contributed by atoms with van der Waals surface area (Å²) in [5, 5.41) is 3.12. The van der Waals surface area contributed by atoms with Gasteiger partial charge in [-0.15, -0.1) is 0 Å². The standard InChI is InChI=1S/C23H35NO3Si/c1-13-11-14(2)16-9-10-17(21(25)18(16)12-13)20-19(22(26)24-20)15(3)27-28(7,8)23(4,5)6/h11-12,15,17,19-20H,9-10H2,1-8H3,(H,24,26)/t15-,17-,19-,20-/m1/s1. The van der Waals surface area contributed by atoms with Gasteiger partial charge in [-0.1, -0.05) is 32.4 Å². The fraction of sp³-hybridized carbons (Fsp3) is 0.652. The van der Waals surface area contributed by atoms with E-state index in [1.807, 2.05) is 19.9 Å². The molecule has 0 spiro atoms. The second-order valence-electron chi connectivity index (χ2n) is 10.3. The highest BCUT2D eigenvalue weighted by Gasteiger charge is 2.52. The van der Waals surface area contributed by atoms with Crippen molar-refractivity contribution in [1.29, 1.82) is 0 Å². The monoisotopic (exact) mass is 401 g/mol. The fourth-order valence-corrected chi connectivity index (χ4v) is 5.94. The van der Waals surface area contributed by atoms with Crippen molar-refractivity contribution >= 4 is 20.0 Å². The van der Waals surface area contributed by atoms with Crippen LogP contribution in [0.25, 0.3) is 0 Å². The lowest BCUT2D eigenvalue weighted by atomic mass is 9.69. The number of fused-ring (bicyclic) bond motifs is 1. The van der Waals surface area contributed by atoms with Crippen molar-refractivity contribution in [1.82, 2.24) is 5.32 Å². The summed E-state index contributed by atoms with van der Waals surface area (Å²) in [6.45, 7) is 17.2. The first-order chi connectivity index (χ1) is 12.8. The number of amides is 1. The molecule has 0 radical (unpaired) electrons. The molecule has 1 aliphatic carbocycles. The lowest BCUT2D eigenvalue weighted by molar-refractivity contribution is -0.141. The van der Waals surface area contributed by atoms with Gasteiger partial charge in [0.2, 0.25) is 5.91 Å². The first-order valence-corrected chi connectivity index (χ1v) is 13.4. The summed E-state index contributed by atoms with van der Waals surface area (Å²) >= 11 is 0. The molecule has 28 heavy (non-hydrogen) atoms. The van der Waals surface area contributed by atoms with Crippen LogP contribution in [0.4, 0.5) is 0 Å². The highest BCUT2D eigenvalue weighted by Crippen LogP contribution is 2.41. The minimum Gasteiger partial charge on any atom is -0.413 e. The lowest BCUT2D eigenvalue weighted by Gasteiger charge is -2.48. The van der Waals surface area contributed by atoms with E-state index in [0.717, 1.165) is 24.0 Å². The van der Waals surface area contributed by atoms with Gasteiger partial charge in [0.1, 0.15) is 0 Å². The minimum atomic E-state index is -1.98. The Bertz CT molecular complexity index is 809. The van der Waals surface area contributed by atoms with Crippen LogP contribution in [0.5, 0.6) is 0 Å². The Kier molecular flexibility index (Phi) is 5.39. The van der Waals surface area contributed by atoms with Crippen molar-refractivity contribution in [2.24, 2.45) is 11.8 Å². The molecule has 4 atom stereocenters. The number of β-lactam (4-membered cyclic amide) rings is 1. The van der Waals surface area contributed by atoms with Crippen molar-refractivity contribution in [3.8, 4) is 0 Å². The molecular weight excluding hydrogens is 366 g/mol. The molecule has 5 heteroatoms. The Balaban J connectivity index is 1.81. The van der Waals surface area contributed by atoms with Crippen molar-refractivity contribution in [2.45, 2.75) is 84.7 Å². The van der Waals surface area contributed by atoms with E-state index in [1.54, 1.807) is 0 Å². The second-order valence-corrected chi connectivity index (χ2v) is 15.0. The topological polar surface area (TPSA) is 55.4 Å². The van der Waals surface area contributed by atoms with Crippen LogP contribution in [0.1, 0.15) is 61.2 Å². The third-order valence-corrected chi connectivity index (χ3v) is 11.7. The van der Waals surface area contributed by atoms with Crippen molar-refractivity contribution in [3.05, 3.63) is 34.4 Å². The van der Waals surface area contributed by atoms with E-state index < -0.39 is 8.32 Å². The molecule has 1 amide bonds. The Hall–Kier alpha value is -1.46. The van der Waals surface area contributed by atoms with Crippen LogP contribution >= 0.6 is 0 Å². The normalized spacial score (nSPS) is 26.4. The first kappa shape index (κ1) is 21.3. The summed E-state index contributed by atoms with van der Waals surface area (Å²) in [6, 6.07) is 4.05. The minimum absolute atomic E-state index is 0.0234. The smallest absolute Gasteiger partial charge is 0.228 e. The fourth-order valence-electron chi connectivity index (χ4n) is 4.51. The van der Waals surface area contributed by atoms with Gasteiger partial charge < -0.3 is 9.74 Å². The Morgan fingerprint density at radius 1 is 1.18 bits per heavy atom. The molecule has 154 valence electrons. The third-order valence-electron chi connectivity index (χ3n) is 7.15. The van der Waals surface area contributed by atoms with Crippen LogP contribution in [-0.2, 0) is 15.6 Å². The van der Waals surface area contributed by atoms with Gasteiger partial charge in [0, 0.05) is 11.5 Å². The number of carbonyl (C=O) groups excluding carboxylic acids is 2. The molecule has 0 aromatic heterocycles. The van der Waals surface area contributed by atoms with Crippen molar-refractivity contribution < 1.29 is 14.0 Å². The maximum atomic E-state index is 13.3. The molecule has 1 aromatic rings. The van der Waals surface area contributed by atoms with E-state index in [9.17, 15) is 9.59 Å². The molecule has 1 saturated heterocycles. The van der Waals surface area contributed by atoms with Gasteiger partial charge in [-0.05, 0) is 68.9 Å². The van der Waals surface area contributed by atoms with Crippen LogP contribution < -0.4 is 5.32 Å². The summed E-state index contributed by atoms with van der Waals surface area (Å²) in [5.74, 6) is -0.185. The van der Waals surface area contributed by atoms with E-state index in [0.29, 0.717) is 0 Å². The zero-order valence-corrected chi connectivity index (χ0v) is 19.6. The number of rotatable bonds is 4. The van der Waals surface area contributed by atoms with E-state index >= 15 is 0 Å². The number of carbonyl (C=O) groups is 2. The number of benzene rings is 1. The highest BCUT2D eigenvalue weighted by molar-refractivity contribution is 6.74. The number of Topliss-reactive ketones (excluding diaryl/α,β-unsaturated/α-hetero) is 1. The Morgan fingerprint density at radius 2 is 1.82 bits per heavy atom. The van der Waals surface area contributed by atoms with Crippen LogP contribution in [0.15, 0.2) is 12.1 Å². The molecule has 1 N–H and O–H groups in total. The summed E-state index contributed by atoms with van der Waals surface area (Å²) in [7, 11) is -1.98. The Labute approximate surface area is 170 Å². The average molecular weight is 402 g/mol. The molecule has 1 aromatic carbocycles. The van der Waals surface area contributed by atoms with E-state index in [1.165, 1.54) is 11.1 Å². The SMILES string of the molecule is Cc1cc(C)c2c(c1)C(=O)[C@@H]([C@H]1NC(=O)[C@@H]1[C@@H](C)O[Si](C)(C)C(C)(C)C)CC2. The van der Waals surface area contributed by atoms with Gasteiger partial charge >= 0.3 is 0 Å². The van der Waals surface area contributed by atoms with E-state index in [4.69, 9.17) is 4.43 Å². The molecule has 1 heterocycles. The lowest BCUT2D eigenvalue weighted by Crippen LogP contribution is -2.67. The number of hydrogen-bond acceptors (Lipinski definition) is 3. The molecule has 4 nitrogen and oxygen atoms in total. The predicted octanol–water partition coefficient (Wildman–Crippen LogP) is 4.57. The molecule has 0 bridgehead atoms. The third kappa shape index (κ3) is 3.59. The predicted molar refractivity (Wildman–Crippen MR) is 115 cm³/mol. The van der Waals surface area contributed by atoms with Gasteiger partial charge in [-0.2, -0.15) is 0 Å². The average Bonchev–Trinajstić information content (AvgIpc) is 2.52. The van der Waals surface area contributed by atoms with Gasteiger partial charge in [0.05, 0.1) is 18.1 Å². The van der Waals surface area contributed by atoms with Crippen molar-refractivity contribution in [3.63, 3.8) is 0 Å². The molecule has 3 rings (SSSR count). The van der Waals surface area contributed by atoms with Crippen molar-refractivity contribution in [2.75, 3.05) is 0 Å². The van der Waals surface area contributed by atoms with Crippen LogP contribution in [0.3, 0.4) is 0 Å². The summed E-state index contributed by atoms with van der Waals surface area (Å²) < 4.78 is 6.51. The molecule has 0 unspecified atom stereocenters. The van der Waals surface area contributed by atoms with Crippen LogP contribution in [0, 0.1) is 25.7 Å². The summed E-state index contributed by atoms with van der Waals surface area (Å²) in [6.07, 6.45) is 1.52. The molecule has 1 aliphatic heterocycles. The number of hydrogen-bond donors (Lipinski definition) is 1. The zero-order valence-electron chi connectivity index (χ0n) is 18.6. The number of nitrogens with one attached hydrogen (secondary N) is 1. The largest absolute Gasteiger partial charge is 0.413 e. The Morgan fingerprint density at radius 3 is 2.39 bits per heavy atom. The van der Waals surface area contributed by atoms with E-state index in [-0.39, 0.29) is 40.7 Å². The molecule has 0 saturated carbocycles. The summed E-state index contributed by atoms with van der Waals surface area (Å²) in [5.41, 5.74) is 4.35. The maximum Gasteiger partial charge on any atom is 0.228 e. The number of aryl methyl sites for hydroxylation is 2. The maximum absolute atomic E-state index is 13.3. The molecular formula is C23H35NO3Si. The van der Waals surface area contributed by atoms with Crippen LogP contribution in [0.2, 0.25) is 18.1 Å². The second kappa shape index (κ2) is 7.10. The van der Waals surface area contributed by atoms with Crippen LogP contribution in [-0.4, -0.2) is 32.2 Å². The summed E-state index contributed by atoms with van der Waals surface area (Å²) in [4.78, 5) is 25.7. The van der Waals surface area contributed by atoms with Gasteiger partial charge in [0.15, 0.2) is 14.1 Å². The first-order valence-electron chi connectivity index (χ1n) is 10.5. The van der Waals surface area contributed by atoms with Gasteiger partial charge in [0.25, 0.3) is 0 Å². The van der Waals surface area contributed by atoms with E-state index in [2.05, 4.69) is 52.2 Å². The van der Waals surface area contributed by atoms with Gasteiger partial charge in [-0.25, -0.2) is 0 Å². The zero-order chi connectivity index (χ0) is 21.0. The number of ketones is 1. The highest BCUT2D eigenvalue weighted by atomic mass is 28.4. The quantitative estimate of drug-likeness (QED) is 0.594.